The lowest BCUT2D eigenvalue weighted by Crippen LogP contribution is -2.52. The molecule has 0 aliphatic carbocycles. The zero-order valence-electron chi connectivity index (χ0n) is 11.0. The summed E-state index contributed by atoms with van der Waals surface area (Å²) in [6.45, 7) is 0. The van der Waals surface area contributed by atoms with E-state index in [1.807, 2.05) is 0 Å². The van der Waals surface area contributed by atoms with E-state index in [4.69, 9.17) is 13.3 Å². The number of rotatable bonds is 8. The van der Waals surface area contributed by atoms with Crippen LogP contribution < -0.4 is 0 Å². The van der Waals surface area contributed by atoms with Gasteiger partial charge in [0, 0.05) is 33.8 Å². The van der Waals surface area contributed by atoms with Crippen molar-refractivity contribution in [3.8, 4) is 0 Å². The first-order valence-electron chi connectivity index (χ1n) is 5.37. The van der Waals surface area contributed by atoms with Gasteiger partial charge in [-0.15, -0.1) is 0 Å². The summed E-state index contributed by atoms with van der Waals surface area (Å²) < 4.78 is 101. The van der Waals surface area contributed by atoms with Gasteiger partial charge in [-0.05, 0) is 6.42 Å². The molecule has 0 heterocycles. The van der Waals surface area contributed by atoms with Crippen molar-refractivity contribution in [3.05, 3.63) is 0 Å². The van der Waals surface area contributed by atoms with Gasteiger partial charge in [-0.1, -0.05) is 0 Å². The number of halogens is 7. The van der Waals surface area contributed by atoms with Crippen LogP contribution in [0.25, 0.3) is 0 Å². The summed E-state index contributed by atoms with van der Waals surface area (Å²) in [7, 11) is 0.223. The lowest BCUT2D eigenvalue weighted by Gasteiger charge is -2.29. The van der Waals surface area contributed by atoms with E-state index in [1.165, 1.54) is 21.3 Å². The van der Waals surface area contributed by atoms with Gasteiger partial charge in [0.25, 0.3) is 0 Å². The van der Waals surface area contributed by atoms with Crippen molar-refractivity contribution >= 4 is 8.80 Å². The topological polar surface area (TPSA) is 27.7 Å². The second kappa shape index (κ2) is 6.58. The Balaban J connectivity index is 4.73. The zero-order chi connectivity index (χ0) is 16.2. The molecule has 11 heteroatoms. The van der Waals surface area contributed by atoms with Gasteiger partial charge < -0.3 is 13.3 Å². The molecule has 0 aromatic heterocycles. The summed E-state index contributed by atoms with van der Waals surface area (Å²) in [6.07, 6.45) is -8.64. The minimum Gasteiger partial charge on any atom is -0.377 e. The number of hydrogen-bond acceptors (Lipinski definition) is 3. The third-order valence-electron chi connectivity index (χ3n) is 2.72. The Labute approximate surface area is 112 Å². The van der Waals surface area contributed by atoms with E-state index in [0.29, 0.717) is 0 Å². The fraction of sp³-hybridized carbons (Fsp3) is 1.00. The van der Waals surface area contributed by atoms with E-state index >= 15 is 0 Å². The molecule has 0 spiro atoms. The Hall–Kier alpha value is -0.393. The lowest BCUT2D eigenvalue weighted by molar-refractivity contribution is -0.355. The molecule has 0 unspecified atom stereocenters. The van der Waals surface area contributed by atoms with Crippen LogP contribution in [0.5, 0.6) is 0 Å². The van der Waals surface area contributed by atoms with Gasteiger partial charge in [-0.25, -0.2) is 0 Å². The summed E-state index contributed by atoms with van der Waals surface area (Å²) >= 11 is 0. The molecule has 20 heavy (non-hydrogen) atoms. The predicted molar refractivity (Wildman–Crippen MR) is 56.8 cm³/mol. The van der Waals surface area contributed by atoms with Crippen LogP contribution in [0.15, 0.2) is 0 Å². The van der Waals surface area contributed by atoms with Gasteiger partial charge in [0.2, 0.25) is 0 Å². The summed E-state index contributed by atoms with van der Waals surface area (Å²) in [6, 6.07) is -0.306. The molecule has 0 atom stereocenters. The Kier molecular flexibility index (Phi) is 6.45. The van der Waals surface area contributed by atoms with Crippen molar-refractivity contribution in [1.29, 1.82) is 0 Å². The molecular weight excluding hydrogens is 317 g/mol. The highest BCUT2D eigenvalue weighted by atomic mass is 28.4. The third-order valence-corrected chi connectivity index (χ3v) is 5.55. The van der Waals surface area contributed by atoms with Crippen molar-refractivity contribution < 1.29 is 44.0 Å². The van der Waals surface area contributed by atoms with Gasteiger partial charge >= 0.3 is 26.8 Å². The van der Waals surface area contributed by atoms with Crippen LogP contribution in [0.3, 0.4) is 0 Å². The second-order valence-electron chi connectivity index (χ2n) is 3.93. The van der Waals surface area contributed by atoms with Crippen molar-refractivity contribution in [2.75, 3.05) is 21.3 Å². The van der Waals surface area contributed by atoms with Crippen molar-refractivity contribution in [2.24, 2.45) is 0 Å². The van der Waals surface area contributed by atoms with E-state index in [0.717, 1.165) is 0 Å². The van der Waals surface area contributed by atoms with Crippen molar-refractivity contribution in [3.63, 3.8) is 0 Å². The Morgan fingerprint density at radius 1 is 0.800 bits per heavy atom. The van der Waals surface area contributed by atoms with Crippen molar-refractivity contribution in [1.82, 2.24) is 0 Å². The first-order valence-corrected chi connectivity index (χ1v) is 7.30. The Morgan fingerprint density at radius 2 is 1.20 bits per heavy atom. The second-order valence-corrected chi connectivity index (χ2v) is 7.02. The van der Waals surface area contributed by atoms with Crippen LogP contribution in [-0.2, 0) is 13.3 Å². The van der Waals surface area contributed by atoms with E-state index in [-0.39, 0.29) is 6.04 Å². The average molecular weight is 332 g/mol. The minimum absolute atomic E-state index is 0.306. The summed E-state index contributed by atoms with van der Waals surface area (Å²) in [5.41, 5.74) is 0. The number of alkyl halides is 7. The quantitative estimate of drug-likeness (QED) is 0.503. The normalized spacial score (nSPS) is 14.7. The highest BCUT2D eigenvalue weighted by Gasteiger charge is 2.72. The smallest absolute Gasteiger partial charge is 0.377 e. The largest absolute Gasteiger partial charge is 0.500 e. The van der Waals surface area contributed by atoms with Gasteiger partial charge in [0.15, 0.2) is 0 Å². The molecular formula is C9H15F7O3Si. The highest BCUT2D eigenvalue weighted by molar-refractivity contribution is 6.60. The molecule has 0 fully saturated rings. The van der Waals surface area contributed by atoms with Crippen LogP contribution in [0, 0.1) is 0 Å². The van der Waals surface area contributed by atoms with E-state index in [1.54, 1.807) is 0 Å². The molecule has 0 aliphatic heterocycles. The fourth-order valence-corrected chi connectivity index (χ4v) is 3.17. The van der Waals surface area contributed by atoms with E-state index in [2.05, 4.69) is 0 Å². The molecule has 0 rings (SSSR count). The molecule has 122 valence electrons. The van der Waals surface area contributed by atoms with Crippen LogP contribution in [0.2, 0.25) is 6.04 Å². The highest BCUT2D eigenvalue weighted by Crippen LogP contribution is 2.48. The van der Waals surface area contributed by atoms with E-state index < -0.39 is 39.7 Å². The maximum absolute atomic E-state index is 13.0. The molecule has 0 aliphatic rings. The monoisotopic (exact) mass is 332 g/mol. The molecule has 0 saturated carbocycles. The molecule has 0 saturated heterocycles. The summed E-state index contributed by atoms with van der Waals surface area (Å²) in [5.74, 6) is -11.3. The summed E-state index contributed by atoms with van der Waals surface area (Å²) in [4.78, 5) is 0. The average Bonchev–Trinajstić information content (AvgIpc) is 2.33. The molecule has 0 radical (unpaired) electrons. The maximum atomic E-state index is 13.0. The third kappa shape index (κ3) is 4.05. The Bertz CT molecular complexity index is 296. The van der Waals surface area contributed by atoms with Crippen LogP contribution in [-0.4, -0.2) is 48.2 Å². The predicted octanol–water partition coefficient (Wildman–Crippen LogP) is 3.48. The number of hydrogen-bond donors (Lipinski definition) is 0. The van der Waals surface area contributed by atoms with E-state index in [9.17, 15) is 30.7 Å². The Morgan fingerprint density at radius 3 is 1.50 bits per heavy atom. The molecule has 0 aromatic rings. The maximum Gasteiger partial charge on any atom is 0.500 e. The van der Waals surface area contributed by atoms with Crippen LogP contribution in [0.4, 0.5) is 30.7 Å². The summed E-state index contributed by atoms with van der Waals surface area (Å²) in [5, 5.41) is 0. The van der Waals surface area contributed by atoms with Crippen molar-refractivity contribution in [2.45, 2.75) is 36.9 Å². The van der Waals surface area contributed by atoms with Gasteiger partial charge in [0.1, 0.15) is 0 Å². The fourth-order valence-electron chi connectivity index (χ4n) is 1.45. The standard InChI is InChI=1S/C9H15F7O3Si/c1-17-20(18-2,19-3)6-4-5-7(10,11)8(12,13)9(14,15)16/h4-6H2,1-3H3. The van der Waals surface area contributed by atoms with Gasteiger partial charge in [-0.2, -0.15) is 30.7 Å². The zero-order valence-corrected chi connectivity index (χ0v) is 12.0. The van der Waals surface area contributed by atoms with Crippen LogP contribution in [0.1, 0.15) is 12.8 Å². The first-order chi connectivity index (χ1) is 8.89. The molecule has 0 bridgehead atoms. The molecule has 0 N–H and O–H groups in total. The molecule has 0 amide bonds. The minimum atomic E-state index is -6.31. The van der Waals surface area contributed by atoms with Gasteiger partial charge in [-0.3, -0.25) is 0 Å². The van der Waals surface area contributed by atoms with Gasteiger partial charge in [0.05, 0.1) is 0 Å². The first kappa shape index (κ1) is 19.6. The SMILES string of the molecule is CO[Si](CCCC(F)(F)C(F)(F)C(F)(F)F)(OC)OC. The molecule has 0 aromatic carbocycles. The van der Waals surface area contributed by atoms with Crippen LogP contribution >= 0.6 is 0 Å². The lowest BCUT2D eigenvalue weighted by atomic mass is 10.1. The molecule has 3 nitrogen and oxygen atoms in total.